The van der Waals surface area contributed by atoms with Crippen molar-refractivity contribution in [1.29, 1.82) is 0 Å². The van der Waals surface area contributed by atoms with E-state index in [-0.39, 0.29) is 5.78 Å². The number of nitrogens with zero attached hydrogens (tertiary/aromatic N) is 1. The summed E-state index contributed by atoms with van der Waals surface area (Å²) in [6.45, 7) is 0.507. The number of benzene rings is 1. The third-order valence-electron chi connectivity index (χ3n) is 3.81. The molecular weight excluding hydrogens is 256 g/mol. The zero-order chi connectivity index (χ0) is 13.2. The van der Waals surface area contributed by atoms with Crippen LogP contribution in [0.4, 0.5) is 0 Å². The van der Waals surface area contributed by atoms with E-state index in [1.54, 1.807) is 0 Å². The van der Waals surface area contributed by atoms with Gasteiger partial charge in [-0.3, -0.25) is 9.69 Å². The number of hydrogen-bond acceptors (Lipinski definition) is 3. The van der Waals surface area contributed by atoms with Gasteiger partial charge in [0.15, 0.2) is 5.78 Å². The van der Waals surface area contributed by atoms with Gasteiger partial charge in [0.2, 0.25) is 0 Å². The number of aromatic nitrogens is 1. The minimum absolute atomic E-state index is 0.205. The highest BCUT2D eigenvalue weighted by Crippen LogP contribution is 2.23. The maximum Gasteiger partial charge on any atom is 0.178 e. The number of carbonyl (C=O) groups excluding carboxylic acids is 1. The molecule has 1 aliphatic heterocycles. The molecule has 3 nitrogen and oxygen atoms in total. The molecule has 1 atom stereocenters. The fourth-order valence-electron chi connectivity index (χ4n) is 2.61. The third-order valence-corrected chi connectivity index (χ3v) is 4.96. The highest BCUT2D eigenvalue weighted by atomic mass is 32.2. The van der Waals surface area contributed by atoms with E-state index < -0.39 is 0 Å². The van der Waals surface area contributed by atoms with E-state index in [4.69, 9.17) is 0 Å². The SMILES string of the molecule is CN(CC(=O)c1c[nH]c2ccccc12)C1CCSC1. The molecule has 0 spiro atoms. The number of likely N-dealkylation sites (N-methyl/N-ethyl adjacent to an activating group) is 1. The fourth-order valence-corrected chi connectivity index (χ4v) is 3.91. The zero-order valence-electron chi connectivity index (χ0n) is 11.1. The average molecular weight is 274 g/mol. The van der Waals surface area contributed by atoms with Crippen molar-refractivity contribution in [1.82, 2.24) is 9.88 Å². The predicted octanol–water partition coefficient (Wildman–Crippen LogP) is 2.79. The number of rotatable bonds is 4. The van der Waals surface area contributed by atoms with Crippen molar-refractivity contribution < 1.29 is 4.79 Å². The van der Waals surface area contributed by atoms with Gasteiger partial charge in [0, 0.05) is 34.5 Å². The quantitative estimate of drug-likeness (QED) is 0.871. The first-order chi connectivity index (χ1) is 9.25. The molecule has 2 aromatic rings. The molecular formula is C15H18N2OS. The predicted molar refractivity (Wildman–Crippen MR) is 81.0 cm³/mol. The molecule has 0 bridgehead atoms. The van der Waals surface area contributed by atoms with Gasteiger partial charge in [0.05, 0.1) is 6.54 Å². The summed E-state index contributed by atoms with van der Waals surface area (Å²) >= 11 is 1.98. The molecule has 3 rings (SSSR count). The minimum atomic E-state index is 0.205. The molecule has 0 amide bonds. The summed E-state index contributed by atoms with van der Waals surface area (Å²) in [5, 5.41) is 1.03. The highest BCUT2D eigenvalue weighted by Gasteiger charge is 2.22. The number of nitrogens with one attached hydrogen (secondary N) is 1. The van der Waals surface area contributed by atoms with Gasteiger partial charge in [-0.25, -0.2) is 0 Å². The van der Waals surface area contributed by atoms with Gasteiger partial charge in [-0.15, -0.1) is 0 Å². The molecule has 1 aliphatic rings. The van der Waals surface area contributed by atoms with E-state index in [1.807, 2.05) is 42.2 Å². The van der Waals surface area contributed by atoms with Crippen LogP contribution in [0.2, 0.25) is 0 Å². The van der Waals surface area contributed by atoms with Crippen LogP contribution in [0.15, 0.2) is 30.5 Å². The van der Waals surface area contributed by atoms with E-state index in [2.05, 4.69) is 16.9 Å². The van der Waals surface area contributed by atoms with Crippen LogP contribution in [-0.2, 0) is 0 Å². The Labute approximate surface area is 117 Å². The van der Waals surface area contributed by atoms with Gasteiger partial charge >= 0.3 is 0 Å². The van der Waals surface area contributed by atoms with Crippen molar-refractivity contribution >= 4 is 28.4 Å². The van der Waals surface area contributed by atoms with E-state index in [0.29, 0.717) is 12.6 Å². The Morgan fingerprint density at radius 1 is 1.47 bits per heavy atom. The molecule has 1 aromatic heterocycles. The van der Waals surface area contributed by atoms with Crippen LogP contribution in [-0.4, -0.2) is 46.8 Å². The summed E-state index contributed by atoms with van der Waals surface area (Å²) in [7, 11) is 2.06. The van der Waals surface area contributed by atoms with Crippen molar-refractivity contribution in [3.63, 3.8) is 0 Å². The second kappa shape index (κ2) is 5.39. The zero-order valence-corrected chi connectivity index (χ0v) is 11.9. The van der Waals surface area contributed by atoms with Crippen molar-refractivity contribution in [3.05, 3.63) is 36.0 Å². The van der Waals surface area contributed by atoms with Crippen LogP contribution in [0, 0.1) is 0 Å². The fraction of sp³-hybridized carbons (Fsp3) is 0.400. The standard InChI is InChI=1S/C15H18N2OS/c1-17(11-6-7-19-10-11)9-15(18)13-8-16-14-5-3-2-4-12(13)14/h2-5,8,11,16H,6-7,9-10H2,1H3. The molecule has 0 aliphatic carbocycles. The number of Topliss-reactive ketones (excluding diaryl/α,β-unsaturated/α-hetero) is 1. The number of fused-ring (bicyclic) bond motifs is 1. The van der Waals surface area contributed by atoms with Gasteiger partial charge in [0.25, 0.3) is 0 Å². The van der Waals surface area contributed by atoms with Crippen molar-refractivity contribution in [3.8, 4) is 0 Å². The van der Waals surface area contributed by atoms with Crippen molar-refractivity contribution in [2.24, 2.45) is 0 Å². The first-order valence-corrected chi connectivity index (χ1v) is 7.78. The summed E-state index contributed by atoms with van der Waals surface area (Å²) in [5.74, 6) is 2.57. The van der Waals surface area contributed by atoms with Crippen molar-refractivity contribution in [2.45, 2.75) is 12.5 Å². The van der Waals surface area contributed by atoms with Gasteiger partial charge in [-0.1, -0.05) is 18.2 Å². The normalized spacial score (nSPS) is 19.4. The lowest BCUT2D eigenvalue weighted by Gasteiger charge is -2.22. The molecule has 1 aromatic carbocycles. The molecule has 1 unspecified atom stereocenters. The van der Waals surface area contributed by atoms with Crippen LogP contribution < -0.4 is 0 Å². The van der Waals surface area contributed by atoms with E-state index in [9.17, 15) is 4.79 Å². The molecule has 1 saturated heterocycles. The monoisotopic (exact) mass is 274 g/mol. The van der Waals surface area contributed by atoms with Crippen molar-refractivity contribution in [2.75, 3.05) is 25.1 Å². The number of ketones is 1. The summed E-state index contributed by atoms with van der Waals surface area (Å²) in [6.07, 6.45) is 3.03. The Hall–Kier alpha value is -1.26. The second-order valence-corrected chi connectivity index (χ2v) is 6.25. The van der Waals surface area contributed by atoms with Gasteiger partial charge in [-0.05, 0) is 25.3 Å². The summed E-state index contributed by atoms with van der Waals surface area (Å²) in [4.78, 5) is 17.8. The van der Waals surface area contributed by atoms with Crippen LogP contribution in [0.3, 0.4) is 0 Å². The van der Waals surface area contributed by atoms with E-state index >= 15 is 0 Å². The lowest BCUT2D eigenvalue weighted by Crippen LogP contribution is -2.35. The molecule has 1 N–H and O–H groups in total. The molecule has 4 heteroatoms. The number of aromatic amines is 1. The molecule has 2 heterocycles. The first kappa shape index (κ1) is 12.8. The Balaban J connectivity index is 1.76. The largest absolute Gasteiger partial charge is 0.360 e. The Bertz CT molecular complexity index is 587. The van der Waals surface area contributed by atoms with E-state index in [0.717, 1.165) is 22.2 Å². The minimum Gasteiger partial charge on any atom is -0.360 e. The van der Waals surface area contributed by atoms with Gasteiger partial charge in [0.1, 0.15) is 0 Å². The average Bonchev–Trinajstić information content (AvgIpc) is 3.08. The lowest BCUT2D eigenvalue weighted by atomic mass is 10.1. The number of hydrogen-bond donors (Lipinski definition) is 1. The first-order valence-electron chi connectivity index (χ1n) is 6.63. The molecule has 19 heavy (non-hydrogen) atoms. The van der Waals surface area contributed by atoms with Crippen LogP contribution in [0.1, 0.15) is 16.8 Å². The Morgan fingerprint density at radius 2 is 2.32 bits per heavy atom. The maximum absolute atomic E-state index is 12.4. The third kappa shape index (κ3) is 2.55. The molecule has 0 radical (unpaired) electrons. The summed E-state index contributed by atoms with van der Waals surface area (Å²) < 4.78 is 0. The Morgan fingerprint density at radius 3 is 3.11 bits per heavy atom. The number of thioether (sulfide) groups is 1. The molecule has 100 valence electrons. The van der Waals surface area contributed by atoms with Gasteiger partial charge < -0.3 is 4.98 Å². The lowest BCUT2D eigenvalue weighted by molar-refractivity contribution is 0.0928. The highest BCUT2D eigenvalue weighted by molar-refractivity contribution is 7.99. The number of H-pyrrole nitrogens is 1. The smallest absolute Gasteiger partial charge is 0.178 e. The van der Waals surface area contributed by atoms with Crippen LogP contribution >= 0.6 is 11.8 Å². The second-order valence-electron chi connectivity index (χ2n) is 5.10. The van der Waals surface area contributed by atoms with Crippen LogP contribution in [0.25, 0.3) is 10.9 Å². The molecule has 1 fully saturated rings. The maximum atomic E-state index is 12.4. The summed E-state index contributed by atoms with van der Waals surface area (Å²) in [6, 6.07) is 8.52. The number of para-hydroxylation sites is 1. The molecule has 0 saturated carbocycles. The van der Waals surface area contributed by atoms with Crippen LogP contribution in [0.5, 0.6) is 0 Å². The van der Waals surface area contributed by atoms with Gasteiger partial charge in [-0.2, -0.15) is 11.8 Å². The topological polar surface area (TPSA) is 36.1 Å². The number of carbonyl (C=O) groups is 1. The summed E-state index contributed by atoms with van der Waals surface area (Å²) in [5.41, 5.74) is 1.85. The Kier molecular flexibility index (Phi) is 3.62. The van der Waals surface area contributed by atoms with E-state index in [1.165, 1.54) is 12.2 Å².